The third-order valence-electron chi connectivity index (χ3n) is 16.1. The minimum absolute atomic E-state index is 0.0529. The lowest BCUT2D eigenvalue weighted by atomic mass is 9.89. The number of unbranched alkanes of at least 4 members (excludes halogenated alkanes) is 12. The van der Waals surface area contributed by atoms with Crippen LogP contribution in [0.3, 0.4) is 0 Å². The Labute approximate surface area is 535 Å². The summed E-state index contributed by atoms with van der Waals surface area (Å²) in [5.74, 6) is -11.8. The molecule has 0 radical (unpaired) electrons. The third kappa shape index (κ3) is 32.0. The number of amides is 10. The fourth-order valence-electron chi connectivity index (χ4n) is 10.7. The highest BCUT2D eigenvalue weighted by Gasteiger charge is 2.48. The fourth-order valence-corrected chi connectivity index (χ4v) is 11.6. The lowest BCUT2D eigenvalue weighted by molar-refractivity contribution is -0.870. The molecule has 9 unspecified atom stereocenters. The fraction of sp³-hybridized carbons (Fsp3) is 0.774. The van der Waals surface area contributed by atoms with Crippen LogP contribution in [0.15, 0.2) is 23.4 Å². The van der Waals surface area contributed by atoms with Crippen LogP contribution in [0, 0.1) is 11.8 Å². The number of aliphatic hydroxyl groups is 6. The summed E-state index contributed by atoms with van der Waals surface area (Å²) in [5, 5.41) is 84.2. The monoisotopic (exact) mass is 1300 g/mol. The predicted molar refractivity (Wildman–Crippen MR) is 340 cm³/mol. The molecule has 1 fully saturated rings. The molecule has 514 valence electrons. The molecular formula is C62H110N11O16S+. The van der Waals surface area contributed by atoms with E-state index in [2.05, 4.69) is 63.7 Å². The Kier molecular flexibility index (Phi) is 37.2. The van der Waals surface area contributed by atoms with Crippen molar-refractivity contribution in [1.82, 2.24) is 42.5 Å². The predicted octanol–water partition coefficient (Wildman–Crippen LogP) is 0.150. The lowest BCUT2D eigenvalue weighted by Gasteiger charge is -2.38. The van der Waals surface area contributed by atoms with Gasteiger partial charge < -0.3 is 89.1 Å². The third-order valence-corrected chi connectivity index (χ3v) is 17.1. The molecule has 0 aromatic carbocycles. The van der Waals surface area contributed by atoms with Gasteiger partial charge in [-0.1, -0.05) is 104 Å². The summed E-state index contributed by atoms with van der Waals surface area (Å²) in [6.07, 6.45) is 10.5. The number of thioether (sulfide) groups is 1. The van der Waals surface area contributed by atoms with Crippen LogP contribution in [-0.2, 0) is 47.9 Å². The number of nitrogens with zero attached hydrogens (tertiary/aromatic N) is 1. The van der Waals surface area contributed by atoms with E-state index in [4.69, 9.17) is 11.5 Å². The SMILES string of the molecule is C/C=C1/NC(=O)C(NC(=O)[C@H](C)NC(=O)C(C)C(O)CCCCCCCCCCCCCCC(O)CC(O)CC(O)CC(O)CC(O)CCCC[N+](C)(C)C)CC2(CSC=CNC(=O)[C@H](CC(N)=O)NC(=O)[C@H](CC(N)=O)NC2=O)NC(=O)[C@H](C(C)C)NC1=O. The number of nitrogens with one attached hydrogen (secondary N) is 8. The summed E-state index contributed by atoms with van der Waals surface area (Å²) in [4.78, 5) is 136. The number of hydrogen-bond acceptors (Lipinski definition) is 17. The summed E-state index contributed by atoms with van der Waals surface area (Å²) >= 11 is 0.826. The quantitative estimate of drug-likeness (QED) is 0.0222. The molecule has 0 saturated carbocycles. The van der Waals surface area contributed by atoms with Gasteiger partial charge >= 0.3 is 0 Å². The molecule has 1 saturated heterocycles. The second-order valence-electron chi connectivity index (χ2n) is 25.9. The van der Waals surface area contributed by atoms with E-state index >= 15 is 0 Å². The number of hydrogen-bond donors (Lipinski definition) is 16. The molecular weight excluding hydrogens is 1190 g/mol. The largest absolute Gasteiger partial charge is 0.393 e. The van der Waals surface area contributed by atoms with Crippen LogP contribution < -0.4 is 54.0 Å². The van der Waals surface area contributed by atoms with Crippen LogP contribution >= 0.6 is 11.8 Å². The maximum absolute atomic E-state index is 14.9. The maximum atomic E-state index is 14.9. The number of rotatable bonds is 38. The van der Waals surface area contributed by atoms with Gasteiger partial charge in [-0.25, -0.2) is 0 Å². The Morgan fingerprint density at radius 2 is 1.11 bits per heavy atom. The average molecular weight is 1300 g/mol. The first-order valence-corrected chi connectivity index (χ1v) is 33.2. The van der Waals surface area contributed by atoms with E-state index in [0.29, 0.717) is 25.7 Å². The molecule has 0 aromatic rings. The van der Waals surface area contributed by atoms with Crippen molar-refractivity contribution >= 4 is 70.8 Å². The highest BCUT2D eigenvalue weighted by atomic mass is 32.2. The zero-order valence-corrected chi connectivity index (χ0v) is 55.2. The van der Waals surface area contributed by atoms with Crippen LogP contribution in [0.1, 0.15) is 189 Å². The highest BCUT2D eigenvalue weighted by Crippen LogP contribution is 2.26. The molecule has 90 heavy (non-hydrogen) atoms. The molecule has 1 spiro atoms. The Morgan fingerprint density at radius 3 is 1.60 bits per heavy atom. The minimum Gasteiger partial charge on any atom is -0.393 e. The molecule has 0 aromatic heterocycles. The minimum atomic E-state index is -2.31. The van der Waals surface area contributed by atoms with Crippen LogP contribution in [0.4, 0.5) is 0 Å². The van der Waals surface area contributed by atoms with Crippen molar-refractivity contribution in [2.75, 3.05) is 33.4 Å². The van der Waals surface area contributed by atoms with Crippen LogP contribution in [0.25, 0.3) is 0 Å². The average Bonchev–Trinajstić information content (AvgIpc) is 1.25. The molecule has 2 aliphatic rings. The van der Waals surface area contributed by atoms with Gasteiger partial charge in [-0.2, -0.15) is 0 Å². The van der Waals surface area contributed by atoms with E-state index in [-0.39, 0.29) is 31.4 Å². The normalized spacial score (nSPS) is 23.1. The Hall–Kier alpha value is -5.75. The second kappa shape index (κ2) is 41.7. The van der Waals surface area contributed by atoms with Crippen molar-refractivity contribution in [2.45, 2.75) is 261 Å². The van der Waals surface area contributed by atoms with Crippen molar-refractivity contribution in [3.05, 3.63) is 23.4 Å². The zero-order valence-electron chi connectivity index (χ0n) is 54.4. The van der Waals surface area contributed by atoms with Gasteiger partial charge in [0.05, 0.1) is 83.1 Å². The molecule has 2 rings (SSSR count). The van der Waals surface area contributed by atoms with Gasteiger partial charge in [0.15, 0.2) is 0 Å². The summed E-state index contributed by atoms with van der Waals surface area (Å²) in [6, 6.07) is -7.91. The lowest BCUT2D eigenvalue weighted by Crippen LogP contribution is -2.68. The molecule has 27 nitrogen and oxygen atoms in total. The van der Waals surface area contributed by atoms with E-state index in [0.717, 1.165) is 112 Å². The molecule has 0 aliphatic carbocycles. The van der Waals surface area contributed by atoms with E-state index in [1.165, 1.54) is 32.3 Å². The Balaban J connectivity index is 1.93. The molecule has 13 atom stereocenters. The number of allylic oxidation sites excluding steroid dienone is 1. The van der Waals surface area contributed by atoms with Crippen molar-refractivity contribution in [1.29, 1.82) is 0 Å². The zero-order chi connectivity index (χ0) is 67.7. The van der Waals surface area contributed by atoms with Crippen molar-refractivity contribution in [3.63, 3.8) is 0 Å². The van der Waals surface area contributed by atoms with Crippen molar-refractivity contribution in [3.8, 4) is 0 Å². The number of aliphatic hydroxyl groups excluding tert-OH is 6. The van der Waals surface area contributed by atoms with Crippen LogP contribution in [0.2, 0.25) is 0 Å². The first kappa shape index (κ1) is 80.3. The summed E-state index contributed by atoms with van der Waals surface area (Å²) in [6.45, 7) is 8.48. The van der Waals surface area contributed by atoms with Crippen LogP contribution in [-0.4, -0.2) is 200 Å². The van der Waals surface area contributed by atoms with Gasteiger partial charge in [0.25, 0.3) is 5.91 Å². The van der Waals surface area contributed by atoms with Crippen molar-refractivity contribution < 1.29 is 83.1 Å². The van der Waals surface area contributed by atoms with Gasteiger partial charge in [0, 0.05) is 18.4 Å². The number of nitrogens with two attached hydrogens (primary N) is 2. The molecule has 18 N–H and O–H groups in total. The summed E-state index contributed by atoms with van der Waals surface area (Å²) in [5.41, 5.74) is 8.19. The van der Waals surface area contributed by atoms with Crippen molar-refractivity contribution in [2.24, 2.45) is 23.3 Å². The second-order valence-corrected chi connectivity index (χ2v) is 26.8. The topological polar surface area (TPSA) is 440 Å². The molecule has 2 heterocycles. The number of carbonyl (C=O) groups is 10. The van der Waals surface area contributed by atoms with Gasteiger partial charge in [-0.05, 0) is 83.0 Å². The smallest absolute Gasteiger partial charge is 0.268 e. The van der Waals surface area contributed by atoms with E-state index in [1.54, 1.807) is 13.8 Å². The van der Waals surface area contributed by atoms with Crippen LogP contribution in [0.5, 0.6) is 0 Å². The number of primary amides is 2. The molecule has 0 bridgehead atoms. The number of carbonyl (C=O) groups excluding carboxylic acids is 10. The molecule has 10 amide bonds. The van der Waals surface area contributed by atoms with E-state index in [1.807, 2.05) is 0 Å². The molecule has 28 heteroatoms. The standard InChI is InChI=1S/C62H109N11O16S/c1-9-46-57(85)71-53(38(2)3)60(88)72-62(37-90-29-27-65-56(84)47(34-51(63)80)68-58(86)48(35-52(64)81)70-61(62)89)36-49(59(87)67-46)69-55(83)40(5)66-54(82)39(4)50(79)26-21-19-17-15-13-11-10-12-14-16-18-20-24-41(74)30-43(76)32-45(78)33-44(77)31-42(75)25-22-23-28-73(6,7)8/h9,27,29,38-45,47-50,53,74-79H,10-26,28,30-37H2,1-8H3,(H11-,63,64,65,66,67,68,69,70,71,72,80,81,82,83,84,85,86,87,88,89)/p+1/b29-27?,46-9+/t39?,40-,41?,42?,43?,44?,45?,47-,48-,49?,50?,53-,62?/m0/s1. The highest BCUT2D eigenvalue weighted by molar-refractivity contribution is 8.02. The summed E-state index contributed by atoms with van der Waals surface area (Å²) < 4.78 is 0.854. The summed E-state index contributed by atoms with van der Waals surface area (Å²) in [7, 11) is 6.35. The van der Waals surface area contributed by atoms with Gasteiger partial charge in [-0.3, -0.25) is 47.9 Å². The Bertz CT molecular complexity index is 2380. The number of quaternary nitrogens is 1. The first-order chi connectivity index (χ1) is 42.3. The Morgan fingerprint density at radius 1 is 0.633 bits per heavy atom. The molecule has 2 aliphatic heterocycles. The first-order valence-electron chi connectivity index (χ1n) is 32.1. The van der Waals surface area contributed by atoms with Gasteiger partial charge in [-0.15, -0.1) is 11.8 Å². The maximum Gasteiger partial charge on any atom is 0.268 e. The van der Waals surface area contributed by atoms with Gasteiger partial charge in [0.2, 0.25) is 53.2 Å². The van der Waals surface area contributed by atoms with E-state index in [9.17, 15) is 78.6 Å². The van der Waals surface area contributed by atoms with Gasteiger partial charge in [0.1, 0.15) is 41.4 Å². The van der Waals surface area contributed by atoms with E-state index < -0.39 is 168 Å².